The molecule has 1 saturated carbocycles. The van der Waals surface area contributed by atoms with Gasteiger partial charge in [0.2, 0.25) is 0 Å². The maximum atomic E-state index is 12.4. The topological polar surface area (TPSA) is 66.8 Å². The summed E-state index contributed by atoms with van der Waals surface area (Å²) in [5.74, 6) is -0.620. The van der Waals surface area contributed by atoms with E-state index in [1.807, 2.05) is 30.3 Å². The van der Waals surface area contributed by atoms with Gasteiger partial charge >= 0.3 is 12.1 Å². The summed E-state index contributed by atoms with van der Waals surface area (Å²) in [6, 6.07) is 8.73. The zero-order chi connectivity index (χ0) is 15.5. The summed E-state index contributed by atoms with van der Waals surface area (Å²) in [5.41, 5.74) is 0.905. The first kappa shape index (κ1) is 14.9. The van der Waals surface area contributed by atoms with Crippen molar-refractivity contribution in [2.75, 3.05) is 0 Å². The molecule has 0 bridgehead atoms. The van der Waals surface area contributed by atoms with Gasteiger partial charge in [0.25, 0.3) is 0 Å². The molecule has 0 aromatic heterocycles. The van der Waals surface area contributed by atoms with Crippen LogP contribution in [0.4, 0.5) is 4.79 Å². The number of fused-ring (bicyclic) bond motifs is 1. The van der Waals surface area contributed by atoms with Crippen LogP contribution in [0.3, 0.4) is 0 Å². The molecule has 0 radical (unpaired) electrons. The molecule has 1 aromatic rings. The van der Waals surface area contributed by atoms with E-state index in [1.165, 1.54) is 4.90 Å². The highest BCUT2D eigenvalue weighted by molar-refractivity contribution is 5.81. The predicted octanol–water partition coefficient (Wildman–Crippen LogP) is 3.04. The minimum atomic E-state index is -0.925. The van der Waals surface area contributed by atoms with E-state index in [2.05, 4.69) is 0 Å². The van der Waals surface area contributed by atoms with Gasteiger partial charge in [-0.05, 0) is 30.7 Å². The Morgan fingerprint density at radius 3 is 2.64 bits per heavy atom. The van der Waals surface area contributed by atoms with Crippen LogP contribution in [0.1, 0.15) is 37.7 Å². The minimum absolute atomic E-state index is 0.0260. The summed E-state index contributed by atoms with van der Waals surface area (Å²) in [6.07, 6.45) is 4.13. The lowest BCUT2D eigenvalue weighted by Crippen LogP contribution is -2.46. The Morgan fingerprint density at radius 1 is 1.18 bits per heavy atom. The van der Waals surface area contributed by atoms with E-state index in [1.54, 1.807) is 0 Å². The van der Waals surface area contributed by atoms with Gasteiger partial charge < -0.3 is 9.84 Å². The molecule has 2 fully saturated rings. The number of carboxylic acids is 1. The summed E-state index contributed by atoms with van der Waals surface area (Å²) in [5, 5.41) is 9.42. The van der Waals surface area contributed by atoms with Gasteiger partial charge in [0.1, 0.15) is 12.6 Å². The molecule has 1 heterocycles. The number of aliphatic carboxylic acids is 1. The number of amides is 1. The smallest absolute Gasteiger partial charge is 0.411 e. The van der Waals surface area contributed by atoms with Crippen molar-refractivity contribution in [1.29, 1.82) is 0 Å². The molecule has 0 spiro atoms. The van der Waals surface area contributed by atoms with E-state index in [0.29, 0.717) is 12.3 Å². The van der Waals surface area contributed by atoms with Crippen molar-refractivity contribution < 1.29 is 19.4 Å². The second-order valence-electron chi connectivity index (χ2n) is 6.15. The van der Waals surface area contributed by atoms with Gasteiger partial charge in [0.05, 0.1) is 0 Å². The number of carbonyl (C=O) groups is 2. The number of ether oxygens (including phenoxy) is 1. The van der Waals surface area contributed by atoms with E-state index < -0.39 is 18.1 Å². The van der Waals surface area contributed by atoms with E-state index in [0.717, 1.165) is 31.2 Å². The van der Waals surface area contributed by atoms with Gasteiger partial charge in [-0.2, -0.15) is 0 Å². The molecule has 5 nitrogen and oxygen atoms in total. The normalized spacial score (nSPS) is 27.3. The van der Waals surface area contributed by atoms with Gasteiger partial charge in [0.15, 0.2) is 0 Å². The minimum Gasteiger partial charge on any atom is -0.480 e. The molecule has 5 heteroatoms. The van der Waals surface area contributed by atoms with Crippen LogP contribution in [0.15, 0.2) is 30.3 Å². The summed E-state index contributed by atoms with van der Waals surface area (Å²) in [6.45, 7) is 0.180. The van der Waals surface area contributed by atoms with Gasteiger partial charge in [-0.3, -0.25) is 4.90 Å². The van der Waals surface area contributed by atoms with Crippen LogP contribution in [0, 0.1) is 5.92 Å². The highest BCUT2D eigenvalue weighted by atomic mass is 16.6. The monoisotopic (exact) mass is 303 g/mol. The molecule has 3 rings (SSSR count). The lowest BCUT2D eigenvalue weighted by Gasteiger charge is -2.32. The molecule has 2 aliphatic rings. The Morgan fingerprint density at radius 2 is 1.91 bits per heavy atom. The van der Waals surface area contributed by atoms with Crippen molar-refractivity contribution in [3.05, 3.63) is 35.9 Å². The number of hydrogen-bond acceptors (Lipinski definition) is 3. The highest BCUT2D eigenvalue weighted by Crippen LogP contribution is 2.40. The SMILES string of the molecule is O=C(O)[C@@H]1CC2CCCCC2N1C(=O)OCc1ccccc1. The number of likely N-dealkylation sites (tertiary alicyclic amines) is 1. The summed E-state index contributed by atoms with van der Waals surface area (Å²) < 4.78 is 5.37. The Balaban J connectivity index is 1.69. The Labute approximate surface area is 129 Å². The Bertz CT molecular complexity index is 545. The molecule has 1 saturated heterocycles. The molecule has 1 amide bonds. The summed E-state index contributed by atoms with van der Waals surface area (Å²) in [4.78, 5) is 25.4. The lowest BCUT2D eigenvalue weighted by molar-refractivity contribution is -0.142. The van der Waals surface area contributed by atoms with Crippen molar-refractivity contribution >= 4 is 12.1 Å². The molecule has 3 atom stereocenters. The second-order valence-corrected chi connectivity index (χ2v) is 6.15. The zero-order valence-electron chi connectivity index (χ0n) is 12.5. The number of hydrogen-bond donors (Lipinski definition) is 1. The van der Waals surface area contributed by atoms with E-state index in [9.17, 15) is 14.7 Å². The molecule has 1 N–H and O–H groups in total. The second kappa shape index (κ2) is 6.38. The lowest BCUT2D eigenvalue weighted by atomic mass is 9.85. The van der Waals surface area contributed by atoms with Crippen molar-refractivity contribution in [3.63, 3.8) is 0 Å². The van der Waals surface area contributed by atoms with E-state index in [4.69, 9.17) is 4.74 Å². The highest BCUT2D eigenvalue weighted by Gasteiger charge is 2.48. The molecular formula is C17H21NO4. The number of rotatable bonds is 3. The largest absolute Gasteiger partial charge is 0.480 e. The molecule has 1 aromatic carbocycles. The first-order valence-corrected chi connectivity index (χ1v) is 7.88. The van der Waals surface area contributed by atoms with Crippen LogP contribution in [0.5, 0.6) is 0 Å². The van der Waals surface area contributed by atoms with Gasteiger partial charge in [0, 0.05) is 6.04 Å². The summed E-state index contributed by atoms with van der Waals surface area (Å²) >= 11 is 0. The first-order valence-electron chi connectivity index (χ1n) is 7.88. The van der Waals surface area contributed by atoms with Crippen molar-refractivity contribution in [3.8, 4) is 0 Å². The number of carbonyl (C=O) groups excluding carboxylic acids is 1. The molecule has 22 heavy (non-hydrogen) atoms. The molecule has 118 valence electrons. The Kier molecular flexibility index (Phi) is 4.32. The average molecular weight is 303 g/mol. The number of benzene rings is 1. The van der Waals surface area contributed by atoms with Gasteiger partial charge in [-0.15, -0.1) is 0 Å². The molecular weight excluding hydrogens is 282 g/mol. The fourth-order valence-corrected chi connectivity index (χ4v) is 3.74. The van der Waals surface area contributed by atoms with Crippen LogP contribution in [0.2, 0.25) is 0 Å². The summed E-state index contributed by atoms with van der Waals surface area (Å²) in [7, 11) is 0. The standard InChI is InChI=1S/C17H21NO4/c19-16(20)15-10-13-8-4-5-9-14(13)18(15)17(21)22-11-12-6-2-1-3-7-12/h1-3,6-7,13-15H,4-5,8-11H2,(H,19,20)/t13?,14?,15-/m0/s1. The molecule has 1 aliphatic heterocycles. The predicted molar refractivity (Wildman–Crippen MR) is 80.3 cm³/mol. The van der Waals surface area contributed by atoms with Crippen molar-refractivity contribution in [2.45, 2.75) is 50.8 Å². The number of carboxylic acid groups (broad SMARTS) is 1. The zero-order valence-corrected chi connectivity index (χ0v) is 12.5. The fourth-order valence-electron chi connectivity index (χ4n) is 3.74. The first-order chi connectivity index (χ1) is 10.7. The van der Waals surface area contributed by atoms with Gasteiger partial charge in [-0.1, -0.05) is 43.2 Å². The third-order valence-corrected chi connectivity index (χ3v) is 4.79. The van der Waals surface area contributed by atoms with Crippen LogP contribution >= 0.6 is 0 Å². The average Bonchev–Trinajstić information content (AvgIpc) is 2.93. The van der Waals surface area contributed by atoms with Crippen LogP contribution in [0.25, 0.3) is 0 Å². The van der Waals surface area contributed by atoms with E-state index in [-0.39, 0.29) is 12.6 Å². The number of nitrogens with zero attached hydrogens (tertiary/aromatic N) is 1. The fraction of sp³-hybridized carbons (Fsp3) is 0.529. The third-order valence-electron chi connectivity index (χ3n) is 4.79. The van der Waals surface area contributed by atoms with Crippen LogP contribution in [-0.4, -0.2) is 34.2 Å². The molecule has 2 unspecified atom stereocenters. The van der Waals surface area contributed by atoms with Crippen LogP contribution in [-0.2, 0) is 16.1 Å². The quantitative estimate of drug-likeness (QED) is 0.932. The van der Waals surface area contributed by atoms with Crippen molar-refractivity contribution in [2.24, 2.45) is 5.92 Å². The van der Waals surface area contributed by atoms with E-state index >= 15 is 0 Å². The third kappa shape index (κ3) is 2.93. The van der Waals surface area contributed by atoms with Gasteiger partial charge in [-0.25, -0.2) is 9.59 Å². The maximum Gasteiger partial charge on any atom is 0.411 e. The van der Waals surface area contributed by atoms with Crippen LogP contribution < -0.4 is 0 Å². The van der Waals surface area contributed by atoms with Crippen molar-refractivity contribution in [1.82, 2.24) is 4.90 Å². The maximum absolute atomic E-state index is 12.4. The molecule has 1 aliphatic carbocycles. The Hall–Kier alpha value is -2.04.